The Hall–Kier alpha value is -0.180. The van der Waals surface area contributed by atoms with Crippen molar-refractivity contribution in [3.05, 3.63) is 0 Å². The van der Waals surface area contributed by atoms with Crippen molar-refractivity contribution in [2.75, 3.05) is 13.1 Å². The zero-order valence-corrected chi connectivity index (χ0v) is 6.16. The van der Waals surface area contributed by atoms with E-state index in [1.807, 2.05) is 6.92 Å². The van der Waals surface area contributed by atoms with Crippen molar-refractivity contribution in [1.29, 1.82) is 0 Å². The summed E-state index contributed by atoms with van der Waals surface area (Å²) in [6.07, 6.45) is 0.575. The van der Waals surface area contributed by atoms with E-state index in [0.29, 0.717) is 19.5 Å². The topological polar surface area (TPSA) is 12.0 Å². The van der Waals surface area contributed by atoms with Crippen molar-refractivity contribution in [2.45, 2.75) is 25.7 Å². The molecule has 1 aliphatic heterocycles. The Balaban J connectivity index is 2.51. The van der Waals surface area contributed by atoms with E-state index in [-0.39, 0.29) is 6.42 Å². The van der Waals surface area contributed by atoms with Crippen molar-refractivity contribution in [1.82, 2.24) is 5.32 Å². The van der Waals surface area contributed by atoms with Crippen LogP contribution in [0.3, 0.4) is 0 Å². The number of hydrogen-bond acceptors (Lipinski definition) is 1. The quantitative estimate of drug-likeness (QED) is 0.597. The maximum Gasteiger partial charge on any atom is 0.253 e. The smallest absolute Gasteiger partial charge is 0.253 e. The van der Waals surface area contributed by atoms with Gasteiger partial charge < -0.3 is 5.32 Å². The van der Waals surface area contributed by atoms with Crippen molar-refractivity contribution in [2.24, 2.45) is 5.92 Å². The van der Waals surface area contributed by atoms with Crippen molar-refractivity contribution >= 4 is 0 Å². The van der Waals surface area contributed by atoms with Gasteiger partial charge in [-0.2, -0.15) is 0 Å². The van der Waals surface area contributed by atoms with E-state index in [0.717, 1.165) is 0 Å². The number of piperidine rings is 1. The first-order chi connectivity index (χ1) is 4.67. The lowest BCUT2D eigenvalue weighted by atomic mass is 9.93. The molecule has 0 aliphatic carbocycles. The van der Waals surface area contributed by atoms with Crippen molar-refractivity contribution in [3.8, 4) is 0 Å². The Bertz CT molecular complexity index is 114. The van der Waals surface area contributed by atoms with Gasteiger partial charge in [0, 0.05) is 25.4 Å². The van der Waals surface area contributed by atoms with Crippen molar-refractivity contribution in [3.63, 3.8) is 0 Å². The number of hydrogen-bond donors (Lipinski definition) is 1. The zero-order chi connectivity index (χ0) is 7.61. The summed E-state index contributed by atoms with van der Waals surface area (Å²) in [5.74, 6) is -2.86. The zero-order valence-electron chi connectivity index (χ0n) is 6.16. The van der Waals surface area contributed by atoms with Crippen LogP contribution in [0.4, 0.5) is 8.78 Å². The second kappa shape index (κ2) is 2.82. The summed E-state index contributed by atoms with van der Waals surface area (Å²) in [5, 5.41) is 2.96. The molecule has 1 fully saturated rings. The fourth-order valence-corrected chi connectivity index (χ4v) is 1.33. The van der Waals surface area contributed by atoms with E-state index < -0.39 is 11.8 Å². The molecule has 10 heavy (non-hydrogen) atoms. The van der Waals surface area contributed by atoms with Crippen LogP contribution in [0.25, 0.3) is 0 Å². The van der Waals surface area contributed by atoms with Crippen LogP contribution in [0.5, 0.6) is 0 Å². The van der Waals surface area contributed by atoms with Gasteiger partial charge in [-0.25, -0.2) is 8.78 Å². The van der Waals surface area contributed by atoms with Gasteiger partial charge in [-0.05, 0) is 6.42 Å². The summed E-state index contributed by atoms with van der Waals surface area (Å²) in [6, 6.07) is 0. The van der Waals surface area contributed by atoms with E-state index >= 15 is 0 Å². The fraction of sp³-hybridized carbons (Fsp3) is 1.00. The third-order valence-corrected chi connectivity index (χ3v) is 2.12. The predicted octanol–water partition coefficient (Wildman–Crippen LogP) is 1.64. The molecule has 0 amide bonds. The molecule has 1 rings (SSSR count). The fourth-order valence-electron chi connectivity index (χ4n) is 1.33. The lowest BCUT2D eigenvalue weighted by molar-refractivity contribution is -0.0789. The van der Waals surface area contributed by atoms with Crippen LogP contribution < -0.4 is 5.32 Å². The highest BCUT2D eigenvalue weighted by Gasteiger charge is 2.39. The van der Waals surface area contributed by atoms with E-state index in [4.69, 9.17) is 0 Å². The molecule has 0 saturated carbocycles. The summed E-state index contributed by atoms with van der Waals surface area (Å²) >= 11 is 0. The number of rotatable bonds is 1. The maximum atomic E-state index is 12.8. The first-order valence-corrected chi connectivity index (χ1v) is 3.75. The summed E-state index contributed by atoms with van der Waals surface area (Å²) in [4.78, 5) is 0. The number of alkyl halides is 2. The SMILES string of the molecule is CCC1CNCCC1(F)F. The van der Waals surface area contributed by atoms with Gasteiger partial charge in [0.05, 0.1) is 0 Å². The Kier molecular flexibility index (Phi) is 2.24. The monoisotopic (exact) mass is 149 g/mol. The highest BCUT2D eigenvalue weighted by Crippen LogP contribution is 2.32. The van der Waals surface area contributed by atoms with Gasteiger partial charge in [0.25, 0.3) is 5.92 Å². The molecule has 3 heteroatoms. The lowest BCUT2D eigenvalue weighted by Crippen LogP contribution is -2.44. The standard InChI is InChI=1S/C7H13F2N/c1-2-6-5-10-4-3-7(6,8)9/h6,10H,2-5H2,1H3. The molecule has 1 heterocycles. The second-order valence-electron chi connectivity index (χ2n) is 2.82. The predicted molar refractivity (Wildman–Crippen MR) is 36.2 cm³/mol. The average Bonchev–Trinajstić information content (AvgIpc) is 1.87. The summed E-state index contributed by atoms with van der Waals surface area (Å²) in [5.41, 5.74) is 0. The van der Waals surface area contributed by atoms with Gasteiger partial charge in [0.1, 0.15) is 0 Å². The van der Waals surface area contributed by atoms with Gasteiger partial charge in [-0.3, -0.25) is 0 Å². The second-order valence-corrected chi connectivity index (χ2v) is 2.82. The van der Waals surface area contributed by atoms with Crippen LogP contribution in [-0.2, 0) is 0 Å². The van der Waals surface area contributed by atoms with Crippen LogP contribution >= 0.6 is 0 Å². The van der Waals surface area contributed by atoms with Crippen molar-refractivity contribution < 1.29 is 8.78 Å². The molecule has 1 saturated heterocycles. The molecular formula is C7H13F2N. The van der Waals surface area contributed by atoms with Crippen LogP contribution in [0, 0.1) is 5.92 Å². The van der Waals surface area contributed by atoms with Gasteiger partial charge in [0.2, 0.25) is 0 Å². The average molecular weight is 149 g/mol. The third kappa shape index (κ3) is 1.45. The molecule has 1 unspecified atom stereocenters. The Labute approximate surface area is 59.8 Å². The minimum Gasteiger partial charge on any atom is -0.316 e. The molecule has 0 aromatic heterocycles. The Morgan fingerprint density at radius 3 is 2.70 bits per heavy atom. The molecule has 0 bridgehead atoms. The summed E-state index contributed by atoms with van der Waals surface area (Å²) in [6.45, 7) is 2.75. The summed E-state index contributed by atoms with van der Waals surface area (Å²) < 4.78 is 25.7. The van der Waals surface area contributed by atoms with Gasteiger partial charge in [-0.1, -0.05) is 6.92 Å². The molecule has 60 valence electrons. The van der Waals surface area contributed by atoms with E-state index in [2.05, 4.69) is 5.32 Å². The van der Waals surface area contributed by atoms with Gasteiger partial charge in [0.15, 0.2) is 0 Å². The van der Waals surface area contributed by atoms with Crippen LogP contribution in [0.2, 0.25) is 0 Å². The number of nitrogens with one attached hydrogen (secondary N) is 1. The largest absolute Gasteiger partial charge is 0.316 e. The van der Waals surface area contributed by atoms with Gasteiger partial charge in [-0.15, -0.1) is 0 Å². The molecule has 0 aromatic rings. The van der Waals surface area contributed by atoms with E-state index in [9.17, 15) is 8.78 Å². The van der Waals surface area contributed by atoms with Crippen LogP contribution in [0.15, 0.2) is 0 Å². The third-order valence-electron chi connectivity index (χ3n) is 2.12. The molecule has 0 radical (unpaired) electrons. The first-order valence-electron chi connectivity index (χ1n) is 3.75. The minimum atomic E-state index is -2.42. The normalized spacial score (nSPS) is 32.1. The van der Waals surface area contributed by atoms with Crippen LogP contribution in [0.1, 0.15) is 19.8 Å². The molecule has 1 N–H and O–H groups in total. The molecule has 1 nitrogen and oxygen atoms in total. The highest BCUT2D eigenvalue weighted by atomic mass is 19.3. The van der Waals surface area contributed by atoms with Crippen LogP contribution in [-0.4, -0.2) is 19.0 Å². The molecule has 0 aromatic carbocycles. The summed E-state index contributed by atoms with van der Waals surface area (Å²) in [7, 11) is 0. The Morgan fingerprint density at radius 1 is 1.60 bits per heavy atom. The molecule has 1 atom stereocenters. The minimum absolute atomic E-state index is 0.00546. The molecular weight excluding hydrogens is 136 g/mol. The van der Waals surface area contributed by atoms with E-state index in [1.54, 1.807) is 0 Å². The first kappa shape index (κ1) is 7.92. The molecule has 1 aliphatic rings. The highest BCUT2D eigenvalue weighted by molar-refractivity contribution is 4.82. The number of halogens is 2. The molecule has 0 spiro atoms. The Morgan fingerprint density at radius 2 is 2.30 bits per heavy atom. The maximum absolute atomic E-state index is 12.8. The van der Waals surface area contributed by atoms with Gasteiger partial charge >= 0.3 is 0 Å². The van der Waals surface area contributed by atoms with E-state index in [1.165, 1.54) is 0 Å². The lowest BCUT2D eigenvalue weighted by Gasteiger charge is -2.30.